The molecule has 0 radical (unpaired) electrons. The van der Waals surface area contributed by atoms with E-state index in [1.807, 2.05) is 0 Å². The number of carbonyl (C=O) groups is 2. The predicted octanol–water partition coefficient (Wildman–Crippen LogP) is 1.09. The van der Waals surface area contributed by atoms with Crippen LogP contribution in [0, 0.1) is 0 Å². The molecule has 1 aromatic heterocycles. The van der Waals surface area contributed by atoms with E-state index >= 15 is 0 Å². The number of ether oxygens (including phenoxy) is 3. The van der Waals surface area contributed by atoms with Crippen molar-refractivity contribution in [2.45, 2.75) is 0 Å². The molecule has 0 aliphatic heterocycles. The second-order valence-corrected chi connectivity index (χ2v) is 3.39. The molecule has 0 unspecified atom stereocenters. The van der Waals surface area contributed by atoms with E-state index in [1.165, 1.54) is 25.6 Å². The molecule has 0 aromatic carbocycles. The van der Waals surface area contributed by atoms with Crippen molar-refractivity contribution in [1.82, 2.24) is 0 Å². The first kappa shape index (κ1) is 11.5. The summed E-state index contributed by atoms with van der Waals surface area (Å²) in [5.41, 5.74) is 0. The normalized spacial score (nSPS) is 9.47. The standard InChI is InChI=1S/C9H10O5S/c1-12-7(10)5-14-6-3-4-15-8(6)9(11)13-2/h3-4H,5H2,1-2H3. The topological polar surface area (TPSA) is 61.8 Å². The summed E-state index contributed by atoms with van der Waals surface area (Å²) in [6.45, 7) is -0.225. The quantitative estimate of drug-likeness (QED) is 0.724. The van der Waals surface area contributed by atoms with E-state index in [1.54, 1.807) is 11.4 Å². The largest absolute Gasteiger partial charge is 0.480 e. The Labute approximate surface area is 90.6 Å². The number of rotatable bonds is 4. The first-order valence-corrected chi connectivity index (χ1v) is 4.92. The van der Waals surface area contributed by atoms with Gasteiger partial charge in [0.15, 0.2) is 11.5 Å². The van der Waals surface area contributed by atoms with Gasteiger partial charge in [-0.05, 0) is 11.4 Å². The molecule has 0 aliphatic carbocycles. The van der Waals surface area contributed by atoms with Crippen LogP contribution in [0.3, 0.4) is 0 Å². The van der Waals surface area contributed by atoms with Gasteiger partial charge in [-0.2, -0.15) is 0 Å². The van der Waals surface area contributed by atoms with Crippen LogP contribution in [0.5, 0.6) is 5.75 Å². The number of thiophene rings is 1. The minimum absolute atomic E-state index is 0.225. The lowest BCUT2D eigenvalue weighted by Gasteiger charge is -2.04. The highest BCUT2D eigenvalue weighted by atomic mass is 32.1. The molecule has 0 bridgehead atoms. The zero-order valence-corrected chi connectivity index (χ0v) is 9.13. The van der Waals surface area contributed by atoms with E-state index in [4.69, 9.17) is 4.74 Å². The molecule has 5 nitrogen and oxygen atoms in total. The Morgan fingerprint density at radius 3 is 2.67 bits per heavy atom. The summed E-state index contributed by atoms with van der Waals surface area (Å²) in [5, 5.41) is 1.68. The molecule has 0 aliphatic rings. The van der Waals surface area contributed by atoms with E-state index in [9.17, 15) is 9.59 Å². The molecule has 6 heteroatoms. The molecule has 15 heavy (non-hydrogen) atoms. The van der Waals surface area contributed by atoms with Crippen molar-refractivity contribution in [1.29, 1.82) is 0 Å². The highest BCUT2D eigenvalue weighted by molar-refractivity contribution is 7.12. The van der Waals surface area contributed by atoms with Crippen molar-refractivity contribution in [2.24, 2.45) is 0 Å². The van der Waals surface area contributed by atoms with Gasteiger partial charge in [0.25, 0.3) is 0 Å². The lowest BCUT2D eigenvalue weighted by Crippen LogP contribution is -2.13. The van der Waals surface area contributed by atoms with Crippen LogP contribution in [-0.4, -0.2) is 32.8 Å². The van der Waals surface area contributed by atoms with Gasteiger partial charge < -0.3 is 14.2 Å². The van der Waals surface area contributed by atoms with Gasteiger partial charge in [-0.3, -0.25) is 0 Å². The predicted molar refractivity (Wildman–Crippen MR) is 53.2 cm³/mol. The zero-order chi connectivity index (χ0) is 11.3. The summed E-state index contributed by atoms with van der Waals surface area (Å²) in [6.07, 6.45) is 0. The van der Waals surface area contributed by atoms with Gasteiger partial charge in [-0.1, -0.05) is 0 Å². The third kappa shape index (κ3) is 2.95. The Balaban J connectivity index is 2.65. The molecule has 1 aromatic rings. The summed E-state index contributed by atoms with van der Waals surface area (Å²) < 4.78 is 14.0. The van der Waals surface area contributed by atoms with E-state index < -0.39 is 11.9 Å². The van der Waals surface area contributed by atoms with Crippen LogP contribution in [0.15, 0.2) is 11.4 Å². The van der Waals surface area contributed by atoms with Crippen molar-refractivity contribution in [3.05, 3.63) is 16.3 Å². The number of hydrogen-bond donors (Lipinski definition) is 0. The van der Waals surface area contributed by atoms with E-state index in [0.717, 1.165) is 0 Å². The molecule has 0 N–H and O–H groups in total. The first-order chi connectivity index (χ1) is 7.19. The molecule has 1 rings (SSSR count). The van der Waals surface area contributed by atoms with Gasteiger partial charge in [-0.15, -0.1) is 11.3 Å². The fraction of sp³-hybridized carbons (Fsp3) is 0.333. The van der Waals surface area contributed by atoms with Gasteiger partial charge in [0.1, 0.15) is 5.75 Å². The average molecular weight is 230 g/mol. The third-order valence-electron chi connectivity index (χ3n) is 1.57. The van der Waals surface area contributed by atoms with E-state index in [-0.39, 0.29) is 6.61 Å². The monoisotopic (exact) mass is 230 g/mol. The van der Waals surface area contributed by atoms with Gasteiger partial charge in [0, 0.05) is 0 Å². The van der Waals surface area contributed by atoms with Crippen molar-refractivity contribution in [3.63, 3.8) is 0 Å². The fourth-order valence-corrected chi connectivity index (χ4v) is 1.60. The number of hydrogen-bond acceptors (Lipinski definition) is 6. The maximum atomic E-state index is 11.2. The number of esters is 2. The van der Waals surface area contributed by atoms with Crippen molar-refractivity contribution in [3.8, 4) is 5.75 Å². The molecule has 82 valence electrons. The second kappa shape index (κ2) is 5.35. The molecular weight excluding hydrogens is 220 g/mol. The minimum atomic E-state index is -0.503. The minimum Gasteiger partial charge on any atom is -0.480 e. The second-order valence-electron chi connectivity index (χ2n) is 2.47. The Kier molecular flexibility index (Phi) is 4.11. The van der Waals surface area contributed by atoms with Gasteiger partial charge in [-0.25, -0.2) is 9.59 Å². The van der Waals surface area contributed by atoms with Crippen LogP contribution < -0.4 is 4.74 Å². The lowest BCUT2D eigenvalue weighted by molar-refractivity contribution is -0.142. The first-order valence-electron chi connectivity index (χ1n) is 4.04. The fourth-order valence-electron chi connectivity index (χ4n) is 0.848. The summed E-state index contributed by atoms with van der Waals surface area (Å²) in [7, 11) is 2.55. The van der Waals surface area contributed by atoms with Crippen LogP contribution in [0.1, 0.15) is 9.67 Å². The Hall–Kier alpha value is -1.56. The zero-order valence-electron chi connectivity index (χ0n) is 8.31. The van der Waals surface area contributed by atoms with Crippen LogP contribution in [0.2, 0.25) is 0 Å². The maximum Gasteiger partial charge on any atom is 0.351 e. The molecule has 0 fully saturated rings. The van der Waals surface area contributed by atoms with E-state index in [0.29, 0.717) is 10.6 Å². The molecule has 0 atom stereocenters. The van der Waals surface area contributed by atoms with Gasteiger partial charge >= 0.3 is 11.9 Å². The third-order valence-corrected chi connectivity index (χ3v) is 2.45. The maximum absolute atomic E-state index is 11.2. The van der Waals surface area contributed by atoms with Crippen molar-refractivity contribution >= 4 is 23.3 Å². The molecular formula is C9H10O5S. The average Bonchev–Trinajstić information content (AvgIpc) is 2.72. The Morgan fingerprint density at radius 2 is 2.07 bits per heavy atom. The molecule has 0 amide bonds. The number of carbonyl (C=O) groups excluding carboxylic acids is 2. The number of methoxy groups -OCH3 is 2. The molecule has 0 saturated carbocycles. The van der Waals surface area contributed by atoms with Crippen molar-refractivity contribution in [2.75, 3.05) is 20.8 Å². The molecule has 1 heterocycles. The smallest absolute Gasteiger partial charge is 0.351 e. The van der Waals surface area contributed by atoms with Crippen LogP contribution in [0.4, 0.5) is 0 Å². The Morgan fingerprint density at radius 1 is 1.33 bits per heavy atom. The van der Waals surface area contributed by atoms with Crippen LogP contribution in [-0.2, 0) is 14.3 Å². The molecule has 0 saturated heterocycles. The summed E-state index contributed by atoms with van der Waals surface area (Å²) in [6, 6.07) is 1.60. The lowest BCUT2D eigenvalue weighted by atomic mass is 10.4. The van der Waals surface area contributed by atoms with E-state index in [2.05, 4.69) is 9.47 Å². The summed E-state index contributed by atoms with van der Waals surface area (Å²) >= 11 is 1.19. The molecule has 0 spiro atoms. The summed E-state index contributed by atoms with van der Waals surface area (Å²) in [5.74, 6) is -0.654. The van der Waals surface area contributed by atoms with Crippen molar-refractivity contribution < 1.29 is 23.8 Å². The van der Waals surface area contributed by atoms with Crippen LogP contribution >= 0.6 is 11.3 Å². The SMILES string of the molecule is COC(=O)COc1ccsc1C(=O)OC. The highest BCUT2D eigenvalue weighted by Crippen LogP contribution is 2.25. The van der Waals surface area contributed by atoms with Crippen LogP contribution in [0.25, 0.3) is 0 Å². The highest BCUT2D eigenvalue weighted by Gasteiger charge is 2.15. The van der Waals surface area contributed by atoms with Gasteiger partial charge in [0.05, 0.1) is 14.2 Å². The summed E-state index contributed by atoms with van der Waals surface area (Å²) in [4.78, 5) is 22.3. The van der Waals surface area contributed by atoms with Gasteiger partial charge in [0.2, 0.25) is 0 Å². The Bertz CT molecular complexity index is 357.